The Labute approximate surface area is 161 Å². The largest absolute Gasteiger partial charge is 0.366 e. The zero-order chi connectivity index (χ0) is 18.7. The first-order valence-electron chi connectivity index (χ1n) is 8.77. The molecule has 0 radical (unpaired) electrons. The van der Waals surface area contributed by atoms with Gasteiger partial charge in [0.05, 0.1) is 11.9 Å². The Hall–Kier alpha value is -2.34. The minimum atomic E-state index is -0.377. The molecule has 0 aliphatic heterocycles. The van der Waals surface area contributed by atoms with Crippen LogP contribution in [0.4, 0.5) is 0 Å². The van der Waals surface area contributed by atoms with Crippen molar-refractivity contribution in [2.75, 3.05) is 0 Å². The van der Waals surface area contributed by atoms with Gasteiger partial charge in [0.25, 0.3) is 5.91 Å². The van der Waals surface area contributed by atoms with Crippen molar-refractivity contribution in [3.05, 3.63) is 63.9 Å². The predicted molar refractivity (Wildman–Crippen MR) is 107 cm³/mol. The minimum absolute atomic E-state index is 0.377. The van der Waals surface area contributed by atoms with E-state index in [1.165, 1.54) is 5.69 Å². The summed E-state index contributed by atoms with van der Waals surface area (Å²) in [5.41, 5.74) is 11.6. The quantitative estimate of drug-likeness (QED) is 0.606. The third-order valence-electron chi connectivity index (χ3n) is 4.66. The Morgan fingerprint density at radius 1 is 1.27 bits per heavy atom. The van der Waals surface area contributed by atoms with Crippen LogP contribution in [0.25, 0.3) is 11.1 Å². The molecule has 0 unspecified atom stereocenters. The highest BCUT2D eigenvalue weighted by atomic mass is 79.9. The lowest BCUT2D eigenvalue weighted by Crippen LogP contribution is -2.14. The van der Waals surface area contributed by atoms with Crippen molar-refractivity contribution < 1.29 is 4.79 Å². The number of aromatic amines is 1. The van der Waals surface area contributed by atoms with Crippen LogP contribution in [0.5, 0.6) is 0 Å². The molecule has 0 aliphatic carbocycles. The maximum Gasteiger partial charge on any atom is 0.251 e. The van der Waals surface area contributed by atoms with Gasteiger partial charge in [-0.25, -0.2) is 4.98 Å². The van der Waals surface area contributed by atoms with Gasteiger partial charge >= 0.3 is 0 Å². The van der Waals surface area contributed by atoms with E-state index in [2.05, 4.69) is 37.4 Å². The molecule has 0 bridgehead atoms. The summed E-state index contributed by atoms with van der Waals surface area (Å²) in [6, 6.07) is 8.05. The zero-order valence-corrected chi connectivity index (χ0v) is 16.6. The van der Waals surface area contributed by atoms with Crippen molar-refractivity contribution in [3.8, 4) is 11.1 Å². The number of aryl methyl sites for hydroxylation is 1. The first kappa shape index (κ1) is 18.5. The second-order valence-electron chi connectivity index (χ2n) is 6.38. The van der Waals surface area contributed by atoms with Crippen molar-refractivity contribution in [1.82, 2.24) is 14.5 Å². The standard InChI is InChI=1S/C20H23BrN4O/c1-3-4-17-19(14-5-7-15(21)8-6-14)18(20(22)26)13(2)25(17)10-9-16-11-23-12-24-16/h5-8,11-12H,3-4,9-10H2,1-2H3,(H2,22,26)(H,23,24). The van der Waals surface area contributed by atoms with Crippen LogP contribution in [-0.2, 0) is 19.4 Å². The first-order valence-corrected chi connectivity index (χ1v) is 9.57. The molecule has 3 N–H and O–H groups in total. The number of nitrogens with one attached hydrogen (secondary N) is 1. The molecule has 0 spiro atoms. The molecule has 1 amide bonds. The summed E-state index contributed by atoms with van der Waals surface area (Å²) in [4.78, 5) is 19.5. The Morgan fingerprint density at radius 2 is 2.00 bits per heavy atom. The van der Waals surface area contributed by atoms with E-state index in [-0.39, 0.29) is 5.91 Å². The maximum absolute atomic E-state index is 12.3. The number of benzene rings is 1. The number of rotatable bonds is 7. The molecular formula is C20H23BrN4O. The first-order chi connectivity index (χ1) is 12.5. The van der Waals surface area contributed by atoms with Crippen molar-refractivity contribution in [2.24, 2.45) is 5.73 Å². The number of hydrogen-bond donors (Lipinski definition) is 2. The molecule has 0 saturated heterocycles. The van der Waals surface area contributed by atoms with Crippen molar-refractivity contribution in [3.63, 3.8) is 0 Å². The Morgan fingerprint density at radius 3 is 2.58 bits per heavy atom. The van der Waals surface area contributed by atoms with E-state index in [1.54, 1.807) is 6.33 Å². The third kappa shape index (κ3) is 3.60. The summed E-state index contributed by atoms with van der Waals surface area (Å²) in [5, 5.41) is 0. The number of carbonyl (C=O) groups is 1. The highest BCUT2D eigenvalue weighted by Crippen LogP contribution is 2.34. The second kappa shape index (κ2) is 7.91. The monoisotopic (exact) mass is 414 g/mol. The fourth-order valence-electron chi connectivity index (χ4n) is 3.48. The van der Waals surface area contributed by atoms with Gasteiger partial charge < -0.3 is 15.3 Å². The van der Waals surface area contributed by atoms with Crippen molar-refractivity contribution in [2.45, 2.75) is 39.7 Å². The number of hydrogen-bond acceptors (Lipinski definition) is 2. The topological polar surface area (TPSA) is 76.7 Å². The normalized spacial score (nSPS) is 11.0. The Kier molecular flexibility index (Phi) is 5.61. The highest BCUT2D eigenvalue weighted by molar-refractivity contribution is 9.10. The number of nitrogens with zero attached hydrogens (tertiary/aromatic N) is 2. The SMILES string of the molecule is CCCc1c(-c2ccc(Br)cc2)c(C(N)=O)c(C)n1CCc1cnc[nH]1. The summed E-state index contributed by atoms with van der Waals surface area (Å²) in [5.74, 6) is -0.377. The van der Waals surface area contributed by atoms with Crippen LogP contribution < -0.4 is 5.73 Å². The minimum Gasteiger partial charge on any atom is -0.366 e. The van der Waals surface area contributed by atoms with E-state index in [1.807, 2.05) is 37.4 Å². The number of H-pyrrole nitrogens is 1. The van der Waals surface area contributed by atoms with Crippen LogP contribution in [-0.4, -0.2) is 20.4 Å². The Balaban J connectivity index is 2.12. The smallest absolute Gasteiger partial charge is 0.251 e. The molecule has 0 saturated carbocycles. The molecule has 2 aromatic heterocycles. The Bertz CT molecular complexity index is 895. The molecule has 5 nitrogen and oxygen atoms in total. The summed E-state index contributed by atoms with van der Waals surface area (Å²) >= 11 is 3.48. The van der Waals surface area contributed by atoms with Gasteiger partial charge in [0.15, 0.2) is 0 Å². The van der Waals surface area contributed by atoms with E-state index < -0.39 is 0 Å². The average Bonchev–Trinajstić information content (AvgIpc) is 3.21. The fourth-order valence-corrected chi connectivity index (χ4v) is 3.74. The summed E-state index contributed by atoms with van der Waals surface area (Å²) < 4.78 is 3.25. The second-order valence-corrected chi connectivity index (χ2v) is 7.30. The molecule has 1 aromatic carbocycles. The van der Waals surface area contributed by atoms with Crippen molar-refractivity contribution in [1.29, 1.82) is 0 Å². The number of imidazole rings is 1. The molecule has 0 atom stereocenters. The van der Waals surface area contributed by atoms with Gasteiger partial charge in [-0.2, -0.15) is 0 Å². The van der Waals surface area contributed by atoms with Gasteiger partial charge in [-0.15, -0.1) is 0 Å². The van der Waals surface area contributed by atoms with Crippen LogP contribution in [0.2, 0.25) is 0 Å². The van der Waals surface area contributed by atoms with Crippen LogP contribution in [0.1, 0.15) is 40.8 Å². The summed E-state index contributed by atoms with van der Waals surface area (Å²) in [7, 11) is 0. The maximum atomic E-state index is 12.3. The van der Waals surface area contributed by atoms with E-state index in [9.17, 15) is 4.79 Å². The molecule has 3 aromatic rings. The fraction of sp³-hybridized carbons (Fsp3) is 0.300. The van der Waals surface area contributed by atoms with Gasteiger partial charge in [0, 0.05) is 46.3 Å². The molecule has 136 valence electrons. The van der Waals surface area contributed by atoms with E-state index in [0.717, 1.165) is 52.8 Å². The van der Waals surface area contributed by atoms with Crippen molar-refractivity contribution >= 4 is 21.8 Å². The lowest BCUT2D eigenvalue weighted by molar-refractivity contribution is 0.1000. The summed E-state index contributed by atoms with van der Waals surface area (Å²) in [6.45, 7) is 4.91. The average molecular weight is 415 g/mol. The molecule has 3 rings (SSSR count). The predicted octanol–water partition coefficient (Wildman–Crippen LogP) is 4.24. The molecule has 0 aliphatic rings. The van der Waals surface area contributed by atoms with E-state index in [4.69, 9.17) is 5.73 Å². The molecular weight excluding hydrogens is 392 g/mol. The number of primary amides is 1. The van der Waals surface area contributed by atoms with E-state index >= 15 is 0 Å². The van der Waals surface area contributed by atoms with Gasteiger partial charge in [-0.3, -0.25) is 4.79 Å². The molecule has 0 fully saturated rings. The number of nitrogens with two attached hydrogens (primary N) is 1. The number of carbonyl (C=O) groups excluding carboxylic acids is 1. The number of amides is 1. The van der Waals surface area contributed by atoms with E-state index in [0.29, 0.717) is 5.56 Å². The third-order valence-corrected chi connectivity index (χ3v) is 5.19. The molecule has 26 heavy (non-hydrogen) atoms. The summed E-state index contributed by atoms with van der Waals surface area (Å²) in [6.07, 6.45) is 6.23. The lowest BCUT2D eigenvalue weighted by Gasteiger charge is -2.12. The van der Waals surface area contributed by atoms with Crippen LogP contribution >= 0.6 is 15.9 Å². The zero-order valence-electron chi connectivity index (χ0n) is 15.1. The van der Waals surface area contributed by atoms with Crippen LogP contribution in [0.15, 0.2) is 41.3 Å². The van der Waals surface area contributed by atoms with Gasteiger partial charge in [-0.05, 0) is 31.0 Å². The van der Waals surface area contributed by atoms with Gasteiger partial charge in [-0.1, -0.05) is 41.4 Å². The lowest BCUT2D eigenvalue weighted by atomic mass is 9.98. The molecule has 6 heteroatoms. The van der Waals surface area contributed by atoms with Gasteiger partial charge in [0.2, 0.25) is 0 Å². The highest BCUT2D eigenvalue weighted by Gasteiger charge is 2.24. The van der Waals surface area contributed by atoms with Crippen LogP contribution in [0.3, 0.4) is 0 Å². The number of aromatic nitrogens is 3. The number of halogens is 1. The van der Waals surface area contributed by atoms with Crippen LogP contribution in [0, 0.1) is 6.92 Å². The van der Waals surface area contributed by atoms with Gasteiger partial charge in [0.1, 0.15) is 0 Å². The molecule has 2 heterocycles.